The van der Waals surface area contributed by atoms with Gasteiger partial charge in [0.05, 0.1) is 5.52 Å². The van der Waals surface area contributed by atoms with Crippen LogP contribution in [0.5, 0.6) is 0 Å². The second-order valence-electron chi connectivity index (χ2n) is 8.00. The summed E-state index contributed by atoms with van der Waals surface area (Å²) < 4.78 is 0. The van der Waals surface area contributed by atoms with E-state index in [-0.39, 0.29) is 0 Å². The van der Waals surface area contributed by atoms with Gasteiger partial charge in [-0.2, -0.15) is 4.98 Å². The molecule has 0 spiro atoms. The summed E-state index contributed by atoms with van der Waals surface area (Å²) in [7, 11) is 0. The topological polar surface area (TPSA) is 41.1 Å². The van der Waals surface area contributed by atoms with Gasteiger partial charge in [0.15, 0.2) is 0 Å². The highest BCUT2D eigenvalue weighted by molar-refractivity contribution is 5.91. The number of nitrogens with zero attached hydrogens (tertiary/aromatic N) is 3. The molecule has 0 atom stereocenters. The maximum Gasteiger partial charge on any atom is 0.227 e. The predicted molar refractivity (Wildman–Crippen MR) is 124 cm³/mol. The van der Waals surface area contributed by atoms with Crippen molar-refractivity contribution in [1.29, 1.82) is 0 Å². The average Bonchev–Trinajstić information content (AvgIpc) is 2.81. The van der Waals surface area contributed by atoms with Gasteiger partial charge in [0.2, 0.25) is 5.95 Å². The fourth-order valence-corrected chi connectivity index (χ4v) is 4.24. The van der Waals surface area contributed by atoms with Gasteiger partial charge >= 0.3 is 0 Å². The van der Waals surface area contributed by atoms with Crippen LogP contribution in [0, 0.1) is 5.92 Å². The van der Waals surface area contributed by atoms with Gasteiger partial charge in [0.25, 0.3) is 0 Å². The molecule has 4 heteroatoms. The van der Waals surface area contributed by atoms with E-state index in [1.807, 2.05) is 30.3 Å². The number of fused-ring (bicyclic) bond motifs is 1. The summed E-state index contributed by atoms with van der Waals surface area (Å²) in [6.07, 6.45) is 3.51. The first-order valence-electron chi connectivity index (χ1n) is 10.7. The summed E-state index contributed by atoms with van der Waals surface area (Å²) in [5.74, 6) is 2.42. The number of hydrogen-bond donors (Lipinski definition) is 1. The molecule has 1 aliphatic rings. The summed E-state index contributed by atoms with van der Waals surface area (Å²) in [4.78, 5) is 12.2. The highest BCUT2D eigenvalue weighted by atomic mass is 15.3. The lowest BCUT2D eigenvalue weighted by Gasteiger charge is -2.32. The Labute approximate surface area is 177 Å². The Morgan fingerprint density at radius 1 is 0.767 bits per heavy atom. The zero-order valence-corrected chi connectivity index (χ0v) is 17.0. The molecule has 4 aromatic rings. The highest BCUT2D eigenvalue weighted by Gasteiger charge is 2.22. The molecule has 150 valence electrons. The van der Waals surface area contributed by atoms with E-state index in [9.17, 15) is 0 Å². The molecular formula is C26H26N4. The second-order valence-corrected chi connectivity index (χ2v) is 8.00. The van der Waals surface area contributed by atoms with E-state index in [1.54, 1.807) is 0 Å². The molecule has 0 saturated carbocycles. The van der Waals surface area contributed by atoms with E-state index in [1.165, 1.54) is 18.4 Å². The van der Waals surface area contributed by atoms with E-state index < -0.39 is 0 Å². The van der Waals surface area contributed by atoms with Gasteiger partial charge in [-0.25, -0.2) is 4.98 Å². The van der Waals surface area contributed by atoms with Crippen molar-refractivity contribution in [3.8, 4) is 0 Å². The van der Waals surface area contributed by atoms with E-state index in [2.05, 4.69) is 64.8 Å². The Kier molecular flexibility index (Phi) is 5.30. The molecule has 3 aromatic carbocycles. The first kappa shape index (κ1) is 18.6. The molecule has 1 N–H and O–H groups in total. The fourth-order valence-electron chi connectivity index (χ4n) is 4.24. The van der Waals surface area contributed by atoms with Crippen LogP contribution >= 0.6 is 0 Å². The summed E-state index contributed by atoms with van der Waals surface area (Å²) >= 11 is 0. The number of hydrogen-bond acceptors (Lipinski definition) is 4. The van der Waals surface area contributed by atoms with Gasteiger partial charge in [-0.05, 0) is 55.0 Å². The van der Waals surface area contributed by atoms with Gasteiger partial charge in [-0.3, -0.25) is 0 Å². The molecule has 0 amide bonds. The van der Waals surface area contributed by atoms with Crippen LogP contribution in [0.15, 0.2) is 84.9 Å². The van der Waals surface area contributed by atoms with Crippen LogP contribution in [0.1, 0.15) is 18.4 Å². The predicted octanol–water partition coefficient (Wildman–Crippen LogP) is 5.83. The first-order valence-corrected chi connectivity index (χ1v) is 10.7. The van der Waals surface area contributed by atoms with Gasteiger partial charge in [-0.1, -0.05) is 60.7 Å². The van der Waals surface area contributed by atoms with Crippen LogP contribution in [0.2, 0.25) is 0 Å². The van der Waals surface area contributed by atoms with Crippen molar-refractivity contribution in [2.75, 3.05) is 23.3 Å². The minimum Gasteiger partial charge on any atom is -0.341 e. The number of para-hydroxylation sites is 2. The lowest BCUT2D eigenvalue weighted by molar-refractivity contribution is 0.401. The largest absolute Gasteiger partial charge is 0.341 e. The zero-order valence-electron chi connectivity index (χ0n) is 17.0. The lowest BCUT2D eigenvalue weighted by atomic mass is 9.90. The van der Waals surface area contributed by atoms with Gasteiger partial charge in [-0.15, -0.1) is 0 Å². The van der Waals surface area contributed by atoms with Crippen molar-refractivity contribution < 1.29 is 0 Å². The van der Waals surface area contributed by atoms with Crippen LogP contribution in [0.4, 0.5) is 17.5 Å². The molecule has 0 radical (unpaired) electrons. The molecule has 1 fully saturated rings. The molecule has 0 unspecified atom stereocenters. The normalized spacial score (nSPS) is 14.7. The van der Waals surface area contributed by atoms with Crippen molar-refractivity contribution in [3.63, 3.8) is 0 Å². The van der Waals surface area contributed by atoms with E-state index in [0.29, 0.717) is 0 Å². The Hall–Kier alpha value is -3.40. The second kappa shape index (κ2) is 8.54. The average molecular weight is 395 g/mol. The van der Waals surface area contributed by atoms with Crippen LogP contribution in [0.3, 0.4) is 0 Å². The van der Waals surface area contributed by atoms with Crippen molar-refractivity contribution in [2.45, 2.75) is 19.3 Å². The third-order valence-corrected chi connectivity index (χ3v) is 5.89. The van der Waals surface area contributed by atoms with Crippen molar-refractivity contribution in [2.24, 2.45) is 5.92 Å². The number of rotatable bonds is 5. The van der Waals surface area contributed by atoms with Crippen LogP contribution in [0.25, 0.3) is 10.9 Å². The molecular weight excluding hydrogens is 368 g/mol. The van der Waals surface area contributed by atoms with E-state index in [0.717, 1.165) is 53.8 Å². The summed E-state index contributed by atoms with van der Waals surface area (Å²) in [5, 5.41) is 4.54. The molecule has 30 heavy (non-hydrogen) atoms. The van der Waals surface area contributed by atoms with E-state index >= 15 is 0 Å². The van der Waals surface area contributed by atoms with Crippen LogP contribution in [-0.2, 0) is 6.42 Å². The SMILES string of the molecule is c1ccc(CC2CCN(c3nc(Nc4ccccc4)c4ccccc4n3)CC2)cc1. The Morgan fingerprint density at radius 2 is 1.43 bits per heavy atom. The molecule has 0 bridgehead atoms. The zero-order chi connectivity index (χ0) is 20.2. The summed E-state index contributed by atoms with van der Waals surface area (Å²) in [6.45, 7) is 2.00. The van der Waals surface area contributed by atoms with Crippen LogP contribution < -0.4 is 10.2 Å². The Bertz CT molecular complexity index is 1100. The quantitative estimate of drug-likeness (QED) is 0.462. The molecule has 1 aliphatic heterocycles. The number of nitrogens with one attached hydrogen (secondary N) is 1. The third-order valence-electron chi connectivity index (χ3n) is 5.89. The summed E-state index contributed by atoms with van der Waals surface area (Å²) in [6, 6.07) is 29.3. The van der Waals surface area contributed by atoms with Crippen LogP contribution in [-0.4, -0.2) is 23.1 Å². The molecule has 1 saturated heterocycles. The van der Waals surface area contributed by atoms with Gasteiger partial charge in [0, 0.05) is 24.2 Å². The smallest absolute Gasteiger partial charge is 0.227 e. The minimum atomic E-state index is 0.728. The maximum absolute atomic E-state index is 4.93. The molecule has 5 rings (SSSR count). The number of piperidine rings is 1. The Balaban J connectivity index is 1.36. The van der Waals surface area contributed by atoms with Crippen molar-refractivity contribution in [3.05, 3.63) is 90.5 Å². The standard InChI is InChI=1S/C26H26N4/c1-3-9-20(10-4-1)19-21-15-17-30(18-16-21)26-28-24-14-8-7-13-23(24)25(29-26)27-22-11-5-2-6-12-22/h1-14,21H,15-19H2,(H,27,28,29). The summed E-state index contributed by atoms with van der Waals surface area (Å²) in [5.41, 5.74) is 3.45. The molecule has 1 aromatic heterocycles. The molecule has 4 nitrogen and oxygen atoms in total. The van der Waals surface area contributed by atoms with Crippen molar-refractivity contribution in [1.82, 2.24) is 9.97 Å². The molecule has 0 aliphatic carbocycles. The molecule has 2 heterocycles. The lowest BCUT2D eigenvalue weighted by Crippen LogP contribution is -2.35. The van der Waals surface area contributed by atoms with Gasteiger partial charge in [0.1, 0.15) is 5.82 Å². The number of aromatic nitrogens is 2. The number of benzene rings is 3. The third kappa shape index (κ3) is 4.13. The number of anilines is 3. The monoisotopic (exact) mass is 394 g/mol. The Morgan fingerprint density at radius 3 is 2.20 bits per heavy atom. The van der Waals surface area contributed by atoms with E-state index in [4.69, 9.17) is 9.97 Å². The highest BCUT2D eigenvalue weighted by Crippen LogP contribution is 2.29. The fraction of sp³-hybridized carbons (Fsp3) is 0.231. The van der Waals surface area contributed by atoms with Gasteiger partial charge < -0.3 is 10.2 Å². The first-order chi connectivity index (χ1) is 14.8. The minimum absolute atomic E-state index is 0.728. The maximum atomic E-state index is 4.93. The van der Waals surface area contributed by atoms with Crippen molar-refractivity contribution >= 4 is 28.4 Å².